The van der Waals surface area contributed by atoms with Gasteiger partial charge >= 0.3 is 0 Å². The van der Waals surface area contributed by atoms with E-state index in [2.05, 4.69) is 50.5 Å². The van der Waals surface area contributed by atoms with Crippen molar-refractivity contribution in [3.63, 3.8) is 0 Å². The fourth-order valence-corrected chi connectivity index (χ4v) is 5.06. The van der Waals surface area contributed by atoms with Crippen LogP contribution in [0.2, 0.25) is 0 Å². The minimum absolute atomic E-state index is 0.140. The molecule has 0 bridgehead atoms. The van der Waals surface area contributed by atoms with Crippen molar-refractivity contribution in [2.24, 2.45) is 5.92 Å². The Bertz CT molecular complexity index is 898. The molecule has 1 amide bonds. The Balaban J connectivity index is 1.72. The second-order valence-electron chi connectivity index (χ2n) is 10.4. The molecule has 1 saturated carbocycles. The van der Waals surface area contributed by atoms with Gasteiger partial charge in [-0.3, -0.25) is 4.79 Å². The monoisotopic (exact) mass is 424 g/mol. The fraction of sp³-hybridized carbons (Fsp3) is 0.720. The van der Waals surface area contributed by atoms with Crippen LogP contribution >= 0.6 is 0 Å². The van der Waals surface area contributed by atoms with Gasteiger partial charge in [0, 0.05) is 44.0 Å². The molecule has 0 aromatic carbocycles. The molecule has 168 valence electrons. The molecule has 1 atom stereocenters. The van der Waals surface area contributed by atoms with Gasteiger partial charge in [-0.1, -0.05) is 20.8 Å². The van der Waals surface area contributed by atoms with E-state index in [-0.39, 0.29) is 17.6 Å². The topological polar surface area (TPSA) is 69.5 Å². The number of fused-ring (bicyclic) bond motifs is 1. The summed E-state index contributed by atoms with van der Waals surface area (Å²) in [6.45, 7) is 13.3. The van der Waals surface area contributed by atoms with Crippen LogP contribution in [0.4, 0.5) is 5.82 Å². The lowest BCUT2D eigenvalue weighted by atomic mass is 9.87. The van der Waals surface area contributed by atoms with Gasteiger partial charge in [0.15, 0.2) is 0 Å². The van der Waals surface area contributed by atoms with Gasteiger partial charge in [-0.05, 0) is 44.6 Å². The third-order valence-electron chi connectivity index (χ3n) is 6.98. The van der Waals surface area contributed by atoms with Gasteiger partial charge in [0.1, 0.15) is 11.9 Å². The maximum Gasteiger partial charge on any atom is 0.222 e. The zero-order valence-electron chi connectivity index (χ0n) is 19.7. The highest BCUT2D eigenvalue weighted by molar-refractivity contribution is 5.77. The average molecular weight is 425 g/mol. The summed E-state index contributed by atoms with van der Waals surface area (Å²) in [4.78, 5) is 22.2. The van der Waals surface area contributed by atoms with Crippen molar-refractivity contribution in [1.82, 2.24) is 9.88 Å². The van der Waals surface area contributed by atoms with Crippen molar-refractivity contribution in [2.75, 3.05) is 24.5 Å². The molecule has 0 unspecified atom stereocenters. The minimum Gasteiger partial charge on any atom is -0.370 e. The van der Waals surface area contributed by atoms with E-state index in [9.17, 15) is 10.1 Å². The lowest BCUT2D eigenvalue weighted by molar-refractivity contribution is -0.135. The van der Waals surface area contributed by atoms with Crippen LogP contribution in [-0.2, 0) is 22.6 Å². The molecule has 3 heterocycles. The Morgan fingerprint density at radius 2 is 2.03 bits per heavy atom. The molecule has 0 radical (unpaired) electrons. The number of pyridine rings is 1. The maximum absolute atomic E-state index is 12.7. The normalized spacial score (nSPS) is 22.9. The molecule has 1 saturated heterocycles. The van der Waals surface area contributed by atoms with Gasteiger partial charge in [0.05, 0.1) is 29.5 Å². The van der Waals surface area contributed by atoms with Gasteiger partial charge in [-0.25, -0.2) is 4.98 Å². The molecule has 1 aromatic heterocycles. The van der Waals surface area contributed by atoms with Crippen LogP contribution in [0.25, 0.3) is 0 Å². The number of carbonyl (C=O) groups excluding carboxylic acids is 1. The van der Waals surface area contributed by atoms with Crippen LogP contribution in [0, 0.1) is 17.2 Å². The SMILES string of the molecule is CCCC(=O)N1CCN(c2nc(C3CC3)c3c(c2C#N)CC(C)(C)OC3)C[C@H]1C(C)C. The summed E-state index contributed by atoms with van der Waals surface area (Å²) in [7, 11) is 0. The quantitative estimate of drug-likeness (QED) is 0.710. The van der Waals surface area contributed by atoms with Gasteiger partial charge in [0.2, 0.25) is 5.91 Å². The van der Waals surface area contributed by atoms with Crippen molar-refractivity contribution in [3.8, 4) is 6.07 Å². The summed E-state index contributed by atoms with van der Waals surface area (Å²) in [5.41, 5.74) is 3.87. The van der Waals surface area contributed by atoms with Crippen LogP contribution in [-0.4, -0.2) is 47.1 Å². The average Bonchev–Trinajstić information content (AvgIpc) is 3.56. The molecule has 0 N–H and O–H groups in total. The zero-order valence-corrected chi connectivity index (χ0v) is 19.7. The van der Waals surface area contributed by atoms with Crippen LogP contribution in [0.1, 0.15) is 88.6 Å². The number of nitrogens with zero attached hydrogens (tertiary/aromatic N) is 4. The standard InChI is InChI=1S/C25H36N4O2/c1-6-7-22(30)29-11-10-28(14-21(29)16(2)3)24-19(13-26)18-12-25(4,5)31-15-20(18)23(27-24)17-8-9-17/h16-17,21H,6-12,14-15H2,1-5H3/t21-/m0/s1. The highest BCUT2D eigenvalue weighted by Gasteiger charge is 2.39. The molecular formula is C25H36N4O2. The predicted octanol–water partition coefficient (Wildman–Crippen LogP) is 4.16. The Labute approximate surface area is 186 Å². The molecule has 2 fully saturated rings. The van der Waals surface area contributed by atoms with Crippen LogP contribution in [0.15, 0.2) is 0 Å². The van der Waals surface area contributed by atoms with Gasteiger partial charge in [-0.2, -0.15) is 5.26 Å². The third kappa shape index (κ3) is 4.30. The van der Waals surface area contributed by atoms with E-state index in [0.29, 0.717) is 37.0 Å². The number of anilines is 1. The molecule has 1 aromatic rings. The van der Waals surface area contributed by atoms with E-state index in [4.69, 9.17) is 9.72 Å². The second kappa shape index (κ2) is 8.43. The zero-order chi connectivity index (χ0) is 22.3. The Morgan fingerprint density at radius 1 is 1.29 bits per heavy atom. The van der Waals surface area contributed by atoms with E-state index in [1.807, 2.05) is 0 Å². The molecule has 31 heavy (non-hydrogen) atoms. The molecule has 6 nitrogen and oxygen atoms in total. The Morgan fingerprint density at radius 3 is 2.65 bits per heavy atom. The first-order chi connectivity index (χ1) is 14.8. The summed E-state index contributed by atoms with van der Waals surface area (Å²) in [6.07, 6.45) is 4.55. The first-order valence-corrected chi connectivity index (χ1v) is 11.9. The predicted molar refractivity (Wildman–Crippen MR) is 121 cm³/mol. The first-order valence-electron chi connectivity index (χ1n) is 11.9. The van der Waals surface area contributed by atoms with E-state index < -0.39 is 0 Å². The molecule has 1 aliphatic carbocycles. The largest absolute Gasteiger partial charge is 0.370 e. The molecule has 3 aliphatic rings. The molecular weight excluding hydrogens is 388 g/mol. The van der Waals surface area contributed by atoms with Crippen molar-refractivity contribution >= 4 is 11.7 Å². The van der Waals surface area contributed by atoms with E-state index in [0.717, 1.165) is 48.6 Å². The number of amides is 1. The van der Waals surface area contributed by atoms with Crippen LogP contribution < -0.4 is 4.90 Å². The highest BCUT2D eigenvalue weighted by atomic mass is 16.5. The number of ether oxygens (including phenoxy) is 1. The lowest BCUT2D eigenvalue weighted by Crippen LogP contribution is -2.57. The molecule has 4 rings (SSSR count). The van der Waals surface area contributed by atoms with E-state index >= 15 is 0 Å². The Hall–Kier alpha value is -2.13. The first kappa shape index (κ1) is 22.1. The summed E-state index contributed by atoms with van der Waals surface area (Å²) in [5, 5.41) is 10.2. The van der Waals surface area contributed by atoms with E-state index in [1.165, 1.54) is 12.8 Å². The van der Waals surface area contributed by atoms with E-state index in [1.54, 1.807) is 0 Å². The highest BCUT2D eigenvalue weighted by Crippen LogP contribution is 2.46. The summed E-state index contributed by atoms with van der Waals surface area (Å²) in [5.74, 6) is 1.92. The van der Waals surface area contributed by atoms with Gasteiger partial charge in [0.25, 0.3) is 0 Å². The number of rotatable bonds is 5. The van der Waals surface area contributed by atoms with Crippen molar-refractivity contribution in [3.05, 3.63) is 22.4 Å². The summed E-state index contributed by atoms with van der Waals surface area (Å²) >= 11 is 0. The number of piperazine rings is 1. The number of hydrogen-bond acceptors (Lipinski definition) is 5. The van der Waals surface area contributed by atoms with Crippen LogP contribution in [0.3, 0.4) is 0 Å². The smallest absolute Gasteiger partial charge is 0.222 e. The number of aromatic nitrogens is 1. The van der Waals surface area contributed by atoms with Gasteiger partial charge in [-0.15, -0.1) is 0 Å². The lowest BCUT2D eigenvalue weighted by Gasteiger charge is -2.44. The van der Waals surface area contributed by atoms with Crippen molar-refractivity contribution < 1.29 is 9.53 Å². The summed E-state index contributed by atoms with van der Waals surface area (Å²) in [6, 6.07) is 2.64. The fourth-order valence-electron chi connectivity index (χ4n) is 5.06. The second-order valence-corrected chi connectivity index (χ2v) is 10.4. The third-order valence-corrected chi connectivity index (χ3v) is 6.98. The van der Waals surface area contributed by atoms with Gasteiger partial charge < -0.3 is 14.5 Å². The number of carbonyl (C=O) groups is 1. The number of hydrogen-bond donors (Lipinski definition) is 0. The molecule has 6 heteroatoms. The van der Waals surface area contributed by atoms with Crippen molar-refractivity contribution in [1.29, 1.82) is 5.26 Å². The Kier molecular flexibility index (Phi) is 6.00. The number of nitriles is 1. The molecule has 0 spiro atoms. The van der Waals surface area contributed by atoms with Crippen LogP contribution in [0.5, 0.6) is 0 Å². The molecule has 2 aliphatic heterocycles. The maximum atomic E-state index is 12.7. The summed E-state index contributed by atoms with van der Waals surface area (Å²) < 4.78 is 6.10. The van der Waals surface area contributed by atoms with Crippen molar-refractivity contribution in [2.45, 2.75) is 90.9 Å². The minimum atomic E-state index is -0.274.